The van der Waals surface area contributed by atoms with Crippen molar-refractivity contribution >= 4 is 10.8 Å². The fraction of sp³-hybridized carbons (Fsp3) is 0. The molecule has 1 heterocycles. The highest BCUT2D eigenvalue weighted by Gasteiger charge is 2.04. The van der Waals surface area contributed by atoms with Gasteiger partial charge in [-0.05, 0) is 17.5 Å². The Bertz CT molecular complexity index is 770. The Morgan fingerprint density at radius 2 is 1.68 bits per heavy atom. The molecule has 0 spiro atoms. The molecule has 2 aromatic carbocycles. The van der Waals surface area contributed by atoms with Gasteiger partial charge in [0.15, 0.2) is 0 Å². The Morgan fingerprint density at radius 1 is 0.895 bits per heavy atom. The second-order valence-electron chi connectivity index (χ2n) is 4.05. The first-order valence-corrected chi connectivity index (χ1v) is 5.89. The summed E-state index contributed by atoms with van der Waals surface area (Å²) in [4.78, 5) is 4.11. The van der Waals surface area contributed by atoms with Gasteiger partial charge in [-0.15, -0.1) is 0 Å². The predicted octanol–water partition coefficient (Wildman–Crippen LogP) is 3.90. The summed E-state index contributed by atoms with van der Waals surface area (Å²) in [7, 11) is 0. The molecule has 0 amide bonds. The van der Waals surface area contributed by atoms with E-state index in [1.165, 1.54) is 0 Å². The highest BCUT2D eigenvalue weighted by molar-refractivity contribution is 5.88. The minimum absolute atomic E-state index is 0.345. The molecule has 90 valence electrons. The molecule has 3 aromatic rings. The third-order valence-electron chi connectivity index (χ3n) is 2.80. The van der Waals surface area contributed by atoms with Crippen LogP contribution in [0.4, 0.5) is 0 Å². The van der Waals surface area contributed by atoms with Crippen LogP contribution in [0.15, 0.2) is 60.7 Å². The molecule has 19 heavy (non-hydrogen) atoms. The molecule has 3 nitrogen and oxygen atoms in total. The van der Waals surface area contributed by atoms with E-state index in [1.54, 1.807) is 18.2 Å². The van der Waals surface area contributed by atoms with Crippen molar-refractivity contribution in [3.8, 4) is 17.7 Å². The van der Waals surface area contributed by atoms with Crippen LogP contribution in [0.5, 0.6) is 11.6 Å². The van der Waals surface area contributed by atoms with Gasteiger partial charge in [0.05, 0.1) is 0 Å². The molecule has 0 aliphatic carbocycles. The van der Waals surface area contributed by atoms with Crippen LogP contribution in [0.1, 0.15) is 5.69 Å². The maximum Gasteiger partial charge on any atom is 0.220 e. The summed E-state index contributed by atoms with van der Waals surface area (Å²) in [6.45, 7) is 0. The minimum atomic E-state index is 0.345. The van der Waals surface area contributed by atoms with Crippen molar-refractivity contribution in [1.29, 1.82) is 5.26 Å². The zero-order valence-corrected chi connectivity index (χ0v) is 10.1. The number of benzene rings is 2. The monoisotopic (exact) mass is 246 g/mol. The number of pyridine rings is 1. The van der Waals surface area contributed by atoms with Crippen molar-refractivity contribution < 1.29 is 4.74 Å². The summed E-state index contributed by atoms with van der Waals surface area (Å²) in [5, 5.41) is 11.0. The van der Waals surface area contributed by atoms with Gasteiger partial charge in [-0.1, -0.05) is 42.5 Å². The van der Waals surface area contributed by atoms with Crippen LogP contribution in [-0.4, -0.2) is 4.98 Å². The molecule has 1 aromatic heterocycles. The molecule has 0 aliphatic heterocycles. The van der Waals surface area contributed by atoms with E-state index in [0.29, 0.717) is 11.6 Å². The van der Waals surface area contributed by atoms with Gasteiger partial charge in [-0.3, -0.25) is 0 Å². The number of ether oxygens (including phenoxy) is 1. The molecule has 0 fully saturated rings. The summed E-state index contributed by atoms with van der Waals surface area (Å²) >= 11 is 0. The number of hydrogen-bond donors (Lipinski definition) is 0. The molecule has 3 rings (SSSR count). The summed E-state index contributed by atoms with van der Waals surface area (Å²) in [5.74, 6) is 1.16. The molecule has 0 aliphatic rings. The quantitative estimate of drug-likeness (QED) is 0.688. The lowest BCUT2D eigenvalue weighted by atomic mass is 10.1. The first-order chi connectivity index (χ1) is 9.36. The number of fused-ring (bicyclic) bond motifs is 1. The van der Waals surface area contributed by atoms with Gasteiger partial charge in [0.25, 0.3) is 0 Å². The van der Waals surface area contributed by atoms with Crippen molar-refractivity contribution in [3.05, 3.63) is 66.4 Å². The Balaban J connectivity index is 2.04. The fourth-order valence-electron chi connectivity index (χ4n) is 1.93. The SMILES string of the molecule is N#Cc1cccc(Oc2cccc3ccccc23)n1. The zero-order valence-electron chi connectivity index (χ0n) is 10.1. The van der Waals surface area contributed by atoms with Gasteiger partial charge in [0.2, 0.25) is 5.88 Å². The summed E-state index contributed by atoms with van der Waals surface area (Å²) in [5.41, 5.74) is 0.345. The van der Waals surface area contributed by atoms with Gasteiger partial charge >= 0.3 is 0 Å². The molecule has 0 unspecified atom stereocenters. The molecular formula is C16H10N2O. The Morgan fingerprint density at radius 3 is 2.58 bits per heavy atom. The van der Waals surface area contributed by atoms with Crippen molar-refractivity contribution in [3.63, 3.8) is 0 Å². The Labute approximate surface area is 110 Å². The van der Waals surface area contributed by atoms with Crippen molar-refractivity contribution in [2.75, 3.05) is 0 Å². The van der Waals surface area contributed by atoms with Crippen LogP contribution >= 0.6 is 0 Å². The molecule has 3 heteroatoms. The third kappa shape index (κ3) is 2.24. The summed E-state index contributed by atoms with van der Waals surface area (Å²) in [6, 6.07) is 21.0. The standard InChI is InChI=1S/C16H10N2O/c17-11-13-7-4-10-16(18-13)19-15-9-3-6-12-5-1-2-8-14(12)15/h1-10H. The van der Waals surface area contributed by atoms with Gasteiger partial charge in [-0.25, -0.2) is 4.98 Å². The van der Waals surface area contributed by atoms with E-state index < -0.39 is 0 Å². The lowest BCUT2D eigenvalue weighted by molar-refractivity contribution is 0.468. The van der Waals surface area contributed by atoms with Crippen molar-refractivity contribution in [2.45, 2.75) is 0 Å². The van der Waals surface area contributed by atoms with Gasteiger partial charge in [0.1, 0.15) is 17.5 Å². The Hall–Kier alpha value is -2.86. The maximum atomic E-state index is 8.83. The average molecular weight is 246 g/mol. The fourth-order valence-corrected chi connectivity index (χ4v) is 1.93. The van der Waals surface area contributed by atoms with Crippen LogP contribution in [0.3, 0.4) is 0 Å². The number of hydrogen-bond acceptors (Lipinski definition) is 3. The van der Waals surface area contributed by atoms with Gasteiger partial charge in [-0.2, -0.15) is 5.26 Å². The third-order valence-corrected chi connectivity index (χ3v) is 2.80. The lowest BCUT2D eigenvalue weighted by Gasteiger charge is -2.07. The first-order valence-electron chi connectivity index (χ1n) is 5.89. The number of nitriles is 1. The smallest absolute Gasteiger partial charge is 0.220 e. The molecular weight excluding hydrogens is 236 g/mol. The molecule has 0 saturated heterocycles. The number of aromatic nitrogens is 1. The van der Waals surface area contributed by atoms with Crippen LogP contribution < -0.4 is 4.74 Å². The van der Waals surface area contributed by atoms with E-state index in [1.807, 2.05) is 48.5 Å². The van der Waals surface area contributed by atoms with Crippen molar-refractivity contribution in [2.24, 2.45) is 0 Å². The van der Waals surface area contributed by atoms with Gasteiger partial charge < -0.3 is 4.74 Å². The second kappa shape index (κ2) is 4.79. The Kier molecular flexibility index (Phi) is 2.83. The second-order valence-corrected chi connectivity index (χ2v) is 4.05. The maximum absolute atomic E-state index is 8.83. The summed E-state index contributed by atoms with van der Waals surface area (Å²) in [6.07, 6.45) is 0. The van der Waals surface area contributed by atoms with Crippen LogP contribution in [-0.2, 0) is 0 Å². The predicted molar refractivity (Wildman–Crippen MR) is 73.0 cm³/mol. The topological polar surface area (TPSA) is 45.9 Å². The zero-order chi connectivity index (χ0) is 13.1. The highest BCUT2D eigenvalue weighted by atomic mass is 16.5. The number of nitrogens with zero attached hydrogens (tertiary/aromatic N) is 2. The molecule has 0 atom stereocenters. The molecule has 0 radical (unpaired) electrons. The average Bonchev–Trinajstić information content (AvgIpc) is 2.48. The number of rotatable bonds is 2. The van der Waals surface area contributed by atoms with Crippen molar-refractivity contribution in [1.82, 2.24) is 4.98 Å². The van der Waals surface area contributed by atoms with E-state index in [-0.39, 0.29) is 0 Å². The van der Waals surface area contributed by atoms with E-state index in [0.717, 1.165) is 16.5 Å². The lowest BCUT2D eigenvalue weighted by Crippen LogP contribution is -1.90. The molecule has 0 saturated carbocycles. The van der Waals surface area contributed by atoms with Crippen LogP contribution in [0.2, 0.25) is 0 Å². The largest absolute Gasteiger partial charge is 0.438 e. The molecule has 0 N–H and O–H groups in total. The van der Waals surface area contributed by atoms with E-state index in [2.05, 4.69) is 4.98 Å². The molecule has 0 bridgehead atoms. The van der Waals surface area contributed by atoms with Crippen LogP contribution in [0.25, 0.3) is 10.8 Å². The van der Waals surface area contributed by atoms with E-state index in [9.17, 15) is 0 Å². The highest BCUT2D eigenvalue weighted by Crippen LogP contribution is 2.28. The van der Waals surface area contributed by atoms with E-state index in [4.69, 9.17) is 10.00 Å². The first kappa shape index (κ1) is 11.2. The van der Waals surface area contributed by atoms with Gasteiger partial charge in [0, 0.05) is 11.5 Å². The summed E-state index contributed by atoms with van der Waals surface area (Å²) < 4.78 is 5.77. The minimum Gasteiger partial charge on any atom is -0.438 e. The van der Waals surface area contributed by atoms with Crippen LogP contribution in [0, 0.1) is 11.3 Å². The normalized spacial score (nSPS) is 10.1. The van der Waals surface area contributed by atoms with E-state index >= 15 is 0 Å².